The van der Waals surface area contributed by atoms with Crippen molar-refractivity contribution in [2.45, 2.75) is 6.42 Å². The minimum absolute atomic E-state index is 0.211. The van der Waals surface area contributed by atoms with Crippen LogP contribution in [-0.4, -0.2) is 39.7 Å². The summed E-state index contributed by atoms with van der Waals surface area (Å²) in [5.74, 6) is 0.899. The summed E-state index contributed by atoms with van der Waals surface area (Å²) in [5, 5.41) is 2.87. The quantitative estimate of drug-likeness (QED) is 0.651. The Hall–Kier alpha value is -3.94. The number of fused-ring (bicyclic) bond motifs is 1. The molecule has 2 amide bonds. The third-order valence-corrected chi connectivity index (χ3v) is 5.14. The summed E-state index contributed by atoms with van der Waals surface area (Å²) in [6, 6.07) is 12.0. The van der Waals surface area contributed by atoms with Gasteiger partial charge in [0.1, 0.15) is 0 Å². The maximum Gasteiger partial charge on any atom is 0.293 e. The molecule has 31 heavy (non-hydrogen) atoms. The van der Waals surface area contributed by atoms with Gasteiger partial charge in [-0.15, -0.1) is 0 Å². The molecule has 8 heteroatoms. The van der Waals surface area contributed by atoms with E-state index in [-0.39, 0.29) is 17.6 Å². The molecule has 1 aliphatic heterocycles. The van der Waals surface area contributed by atoms with Crippen LogP contribution in [-0.2, 0) is 6.42 Å². The first-order valence-electron chi connectivity index (χ1n) is 9.65. The Morgan fingerprint density at radius 2 is 1.74 bits per heavy atom. The molecule has 3 aromatic rings. The Balaban J connectivity index is 1.59. The SMILES string of the molecule is COc1cc(C(=O)Nc2ccc3c(c2)N(C(=O)c2ccco2)CC3)cc(OC)c1OC. The lowest BCUT2D eigenvalue weighted by Crippen LogP contribution is -2.28. The summed E-state index contributed by atoms with van der Waals surface area (Å²) in [7, 11) is 4.48. The number of nitrogens with zero attached hydrogens (tertiary/aromatic N) is 1. The Morgan fingerprint density at radius 3 is 2.35 bits per heavy atom. The highest BCUT2D eigenvalue weighted by Crippen LogP contribution is 2.38. The average molecular weight is 422 g/mol. The van der Waals surface area contributed by atoms with Crippen LogP contribution in [0.15, 0.2) is 53.1 Å². The standard InChI is InChI=1S/C23H22N2O6/c1-28-19-11-15(12-20(29-2)21(19)30-3)22(26)24-16-7-6-14-8-9-25(17(14)13-16)23(27)18-5-4-10-31-18/h4-7,10-13H,8-9H2,1-3H3,(H,24,26). The van der Waals surface area contributed by atoms with E-state index in [1.165, 1.54) is 27.6 Å². The molecule has 2 aromatic carbocycles. The zero-order valence-electron chi connectivity index (χ0n) is 17.4. The van der Waals surface area contributed by atoms with Gasteiger partial charge in [-0.1, -0.05) is 6.07 Å². The van der Waals surface area contributed by atoms with Gasteiger partial charge in [-0.3, -0.25) is 9.59 Å². The molecule has 160 valence electrons. The zero-order chi connectivity index (χ0) is 22.0. The van der Waals surface area contributed by atoms with Gasteiger partial charge in [-0.25, -0.2) is 0 Å². The number of hydrogen-bond donors (Lipinski definition) is 1. The number of rotatable bonds is 6. The molecule has 0 saturated carbocycles. The number of benzene rings is 2. The summed E-state index contributed by atoms with van der Waals surface area (Å²) < 4.78 is 21.2. The molecule has 0 unspecified atom stereocenters. The number of hydrogen-bond acceptors (Lipinski definition) is 6. The second kappa shape index (κ2) is 8.43. The predicted octanol–water partition coefficient (Wildman–Crippen LogP) is 3.76. The first-order valence-corrected chi connectivity index (χ1v) is 9.65. The summed E-state index contributed by atoms with van der Waals surface area (Å²) in [6.07, 6.45) is 2.21. The second-order valence-corrected chi connectivity index (χ2v) is 6.90. The maximum atomic E-state index is 12.9. The molecule has 0 spiro atoms. The van der Waals surface area contributed by atoms with Crippen LogP contribution in [0.5, 0.6) is 17.2 Å². The van der Waals surface area contributed by atoms with Gasteiger partial charge in [0.2, 0.25) is 5.75 Å². The lowest BCUT2D eigenvalue weighted by molar-refractivity contribution is 0.0962. The predicted molar refractivity (Wildman–Crippen MR) is 115 cm³/mol. The number of anilines is 2. The largest absolute Gasteiger partial charge is 0.493 e. The minimum atomic E-state index is -0.346. The van der Waals surface area contributed by atoms with Crippen molar-refractivity contribution in [1.29, 1.82) is 0 Å². The monoisotopic (exact) mass is 422 g/mol. The summed E-state index contributed by atoms with van der Waals surface area (Å²) >= 11 is 0. The van der Waals surface area contributed by atoms with Gasteiger partial charge < -0.3 is 28.8 Å². The molecule has 0 fully saturated rings. The number of nitrogens with one attached hydrogen (secondary N) is 1. The fourth-order valence-corrected chi connectivity index (χ4v) is 3.62. The van der Waals surface area contributed by atoms with Crippen molar-refractivity contribution < 1.29 is 28.2 Å². The zero-order valence-corrected chi connectivity index (χ0v) is 17.4. The van der Waals surface area contributed by atoms with Crippen LogP contribution in [0.3, 0.4) is 0 Å². The highest BCUT2D eigenvalue weighted by molar-refractivity contribution is 6.07. The van der Waals surface area contributed by atoms with E-state index < -0.39 is 0 Å². The Kier molecular flexibility index (Phi) is 5.53. The van der Waals surface area contributed by atoms with Crippen LogP contribution in [0.4, 0.5) is 11.4 Å². The van der Waals surface area contributed by atoms with E-state index in [9.17, 15) is 9.59 Å². The molecule has 0 saturated heterocycles. The first-order chi connectivity index (χ1) is 15.0. The summed E-state index contributed by atoms with van der Waals surface area (Å²) in [5.41, 5.74) is 2.70. The molecule has 4 rings (SSSR count). The minimum Gasteiger partial charge on any atom is -0.493 e. The van der Waals surface area contributed by atoms with Crippen LogP contribution in [0, 0.1) is 0 Å². The third-order valence-electron chi connectivity index (χ3n) is 5.14. The van der Waals surface area contributed by atoms with Crippen molar-refractivity contribution >= 4 is 23.2 Å². The molecule has 0 atom stereocenters. The fraction of sp³-hybridized carbons (Fsp3) is 0.217. The van der Waals surface area contributed by atoms with Gasteiger partial charge in [0.25, 0.3) is 11.8 Å². The van der Waals surface area contributed by atoms with Gasteiger partial charge in [-0.05, 0) is 48.4 Å². The number of methoxy groups -OCH3 is 3. The van der Waals surface area contributed by atoms with Crippen molar-refractivity contribution in [2.24, 2.45) is 0 Å². The topological polar surface area (TPSA) is 90.2 Å². The normalized spacial score (nSPS) is 12.3. The summed E-state index contributed by atoms with van der Waals surface area (Å²) in [6.45, 7) is 0.555. The van der Waals surface area contributed by atoms with Gasteiger partial charge in [0.05, 0.1) is 27.6 Å². The third kappa shape index (κ3) is 3.79. The van der Waals surface area contributed by atoms with Gasteiger partial charge in [-0.2, -0.15) is 0 Å². The lowest BCUT2D eigenvalue weighted by atomic mass is 10.1. The number of amides is 2. The van der Waals surface area contributed by atoms with E-state index in [2.05, 4.69) is 5.32 Å². The van der Waals surface area contributed by atoms with Crippen molar-refractivity contribution in [3.05, 3.63) is 65.6 Å². The molecule has 1 N–H and O–H groups in total. The number of ether oxygens (including phenoxy) is 3. The Bertz CT molecular complexity index is 1100. The molecule has 0 bridgehead atoms. The Morgan fingerprint density at radius 1 is 1.00 bits per heavy atom. The molecule has 8 nitrogen and oxygen atoms in total. The van der Waals surface area contributed by atoms with Crippen molar-refractivity contribution in [2.75, 3.05) is 38.1 Å². The van der Waals surface area contributed by atoms with Gasteiger partial charge in [0.15, 0.2) is 17.3 Å². The second-order valence-electron chi connectivity index (χ2n) is 6.90. The molecular weight excluding hydrogens is 400 g/mol. The van der Waals surface area contributed by atoms with E-state index in [1.807, 2.05) is 12.1 Å². The van der Waals surface area contributed by atoms with Crippen molar-refractivity contribution in [3.63, 3.8) is 0 Å². The van der Waals surface area contributed by atoms with Crippen molar-refractivity contribution in [1.82, 2.24) is 0 Å². The van der Waals surface area contributed by atoms with E-state index in [1.54, 1.807) is 35.2 Å². The van der Waals surface area contributed by atoms with E-state index >= 15 is 0 Å². The average Bonchev–Trinajstić information content (AvgIpc) is 3.47. The highest BCUT2D eigenvalue weighted by Gasteiger charge is 2.27. The Labute approximate surface area is 179 Å². The first kappa shape index (κ1) is 20.3. The molecule has 2 heterocycles. The van der Waals surface area contributed by atoms with E-state index in [0.717, 1.165) is 17.7 Å². The van der Waals surface area contributed by atoms with Crippen LogP contribution in [0.1, 0.15) is 26.5 Å². The van der Waals surface area contributed by atoms with Gasteiger partial charge in [0, 0.05) is 23.5 Å². The number of carbonyl (C=O) groups excluding carboxylic acids is 2. The fourth-order valence-electron chi connectivity index (χ4n) is 3.62. The van der Waals surface area contributed by atoms with Crippen molar-refractivity contribution in [3.8, 4) is 17.2 Å². The smallest absolute Gasteiger partial charge is 0.293 e. The molecular formula is C23H22N2O6. The van der Waals surface area contributed by atoms with Crippen LogP contribution in [0.25, 0.3) is 0 Å². The lowest BCUT2D eigenvalue weighted by Gasteiger charge is -2.17. The van der Waals surface area contributed by atoms with Crippen LogP contribution in [0.2, 0.25) is 0 Å². The van der Waals surface area contributed by atoms with Crippen LogP contribution < -0.4 is 24.4 Å². The number of carbonyl (C=O) groups is 2. The summed E-state index contributed by atoms with van der Waals surface area (Å²) in [4.78, 5) is 27.3. The van der Waals surface area contributed by atoms with E-state index in [0.29, 0.717) is 35.0 Å². The highest BCUT2D eigenvalue weighted by atomic mass is 16.5. The van der Waals surface area contributed by atoms with E-state index in [4.69, 9.17) is 18.6 Å². The van der Waals surface area contributed by atoms with Crippen LogP contribution >= 0.6 is 0 Å². The molecule has 1 aliphatic rings. The van der Waals surface area contributed by atoms with Gasteiger partial charge >= 0.3 is 0 Å². The molecule has 0 aliphatic carbocycles. The maximum absolute atomic E-state index is 12.9. The number of furan rings is 1. The molecule has 1 aromatic heterocycles. The molecule has 0 radical (unpaired) electrons.